The molecule has 25 heavy (non-hydrogen) atoms. The second-order valence-corrected chi connectivity index (χ2v) is 7.08. The Bertz CT molecular complexity index is 722. The molecule has 0 atom stereocenters. The normalized spacial score (nSPS) is 28.3. The average Bonchev–Trinajstić information content (AvgIpc) is 2.51. The first-order chi connectivity index (χ1) is 11.9. The summed E-state index contributed by atoms with van der Waals surface area (Å²) in [5.74, 6) is -0.217. The fourth-order valence-corrected chi connectivity index (χ4v) is 4.09. The van der Waals surface area contributed by atoms with Gasteiger partial charge in [0.2, 0.25) is 5.82 Å². The van der Waals surface area contributed by atoms with Crippen LogP contribution in [0.25, 0.3) is 0 Å². The molecular weight excluding hydrogens is 333 g/mol. The maximum absolute atomic E-state index is 12.4. The van der Waals surface area contributed by atoms with Crippen LogP contribution in [0.2, 0.25) is 0 Å². The molecule has 0 amide bonds. The SMILES string of the molecule is FC(F)(F)c1ncc(OC2CC3(CC(Cc4cccnn4)C3)C2)cn1. The van der Waals surface area contributed by atoms with Crippen LogP contribution in [0.3, 0.4) is 0 Å². The van der Waals surface area contributed by atoms with Gasteiger partial charge in [0, 0.05) is 6.20 Å². The van der Waals surface area contributed by atoms with E-state index in [1.807, 2.05) is 12.1 Å². The van der Waals surface area contributed by atoms with Crippen molar-refractivity contribution in [3.63, 3.8) is 0 Å². The van der Waals surface area contributed by atoms with Crippen molar-refractivity contribution in [3.8, 4) is 5.75 Å². The van der Waals surface area contributed by atoms with Gasteiger partial charge in [0.1, 0.15) is 0 Å². The van der Waals surface area contributed by atoms with Crippen molar-refractivity contribution in [1.29, 1.82) is 0 Å². The lowest BCUT2D eigenvalue weighted by Crippen LogP contribution is -2.52. The fraction of sp³-hybridized carbons (Fsp3) is 0.529. The van der Waals surface area contributed by atoms with E-state index in [4.69, 9.17) is 4.74 Å². The van der Waals surface area contributed by atoms with Crippen molar-refractivity contribution in [1.82, 2.24) is 20.2 Å². The van der Waals surface area contributed by atoms with E-state index < -0.39 is 12.0 Å². The molecule has 0 radical (unpaired) electrons. The van der Waals surface area contributed by atoms with Gasteiger partial charge in [-0.1, -0.05) is 0 Å². The molecule has 132 valence electrons. The van der Waals surface area contributed by atoms with Gasteiger partial charge in [0.15, 0.2) is 5.75 Å². The summed E-state index contributed by atoms with van der Waals surface area (Å²) in [5.41, 5.74) is 1.36. The predicted octanol–water partition coefficient (Wildman–Crippen LogP) is 3.47. The molecule has 2 saturated carbocycles. The number of halogens is 3. The van der Waals surface area contributed by atoms with E-state index >= 15 is 0 Å². The first kappa shape index (κ1) is 16.2. The maximum Gasteiger partial charge on any atom is 0.451 e. The zero-order chi connectivity index (χ0) is 17.5. The molecule has 2 aromatic rings. The van der Waals surface area contributed by atoms with E-state index in [0.717, 1.165) is 50.2 Å². The summed E-state index contributed by atoms with van der Waals surface area (Å²) in [5, 5.41) is 8.01. The predicted molar refractivity (Wildman–Crippen MR) is 81.6 cm³/mol. The Morgan fingerprint density at radius 2 is 1.84 bits per heavy atom. The Morgan fingerprint density at radius 3 is 2.44 bits per heavy atom. The summed E-state index contributed by atoms with van der Waals surface area (Å²) in [6.45, 7) is 0. The van der Waals surface area contributed by atoms with Crippen LogP contribution in [0.5, 0.6) is 5.75 Å². The van der Waals surface area contributed by atoms with Gasteiger partial charge in [-0.3, -0.25) is 0 Å². The van der Waals surface area contributed by atoms with Crippen LogP contribution in [-0.2, 0) is 12.6 Å². The second kappa shape index (κ2) is 5.93. The second-order valence-electron chi connectivity index (χ2n) is 7.08. The van der Waals surface area contributed by atoms with Gasteiger partial charge < -0.3 is 4.74 Å². The molecule has 2 aliphatic carbocycles. The minimum absolute atomic E-state index is 0.0396. The van der Waals surface area contributed by atoms with Crippen LogP contribution in [0, 0.1) is 11.3 Å². The fourth-order valence-electron chi connectivity index (χ4n) is 4.09. The summed E-state index contributed by atoms with van der Waals surface area (Å²) in [7, 11) is 0. The Balaban J connectivity index is 1.24. The van der Waals surface area contributed by atoms with Gasteiger partial charge in [0.05, 0.1) is 24.2 Å². The number of hydrogen-bond donors (Lipinski definition) is 0. The van der Waals surface area contributed by atoms with Crippen LogP contribution in [0.4, 0.5) is 13.2 Å². The van der Waals surface area contributed by atoms with Crippen molar-refractivity contribution in [2.75, 3.05) is 0 Å². The van der Waals surface area contributed by atoms with Crippen LogP contribution in [0.1, 0.15) is 37.2 Å². The highest BCUT2D eigenvalue weighted by atomic mass is 19.4. The summed E-state index contributed by atoms with van der Waals surface area (Å²) < 4.78 is 43.0. The molecule has 0 N–H and O–H groups in total. The van der Waals surface area contributed by atoms with Crippen LogP contribution in [-0.4, -0.2) is 26.3 Å². The third-order valence-corrected chi connectivity index (χ3v) is 5.07. The first-order valence-corrected chi connectivity index (χ1v) is 8.24. The maximum atomic E-state index is 12.4. The zero-order valence-electron chi connectivity index (χ0n) is 13.4. The van der Waals surface area contributed by atoms with E-state index in [9.17, 15) is 13.2 Å². The molecule has 5 nitrogen and oxygen atoms in total. The third kappa shape index (κ3) is 3.43. The first-order valence-electron chi connectivity index (χ1n) is 8.24. The van der Waals surface area contributed by atoms with Gasteiger partial charge in [-0.05, 0) is 55.6 Å². The molecule has 8 heteroatoms. The number of hydrogen-bond acceptors (Lipinski definition) is 5. The van der Waals surface area contributed by atoms with Gasteiger partial charge in [-0.15, -0.1) is 0 Å². The van der Waals surface area contributed by atoms with Crippen LogP contribution >= 0.6 is 0 Å². The third-order valence-electron chi connectivity index (χ3n) is 5.07. The van der Waals surface area contributed by atoms with Crippen molar-refractivity contribution in [2.24, 2.45) is 11.3 Å². The molecule has 1 spiro atoms. The highest BCUT2D eigenvalue weighted by molar-refractivity contribution is 5.16. The smallest absolute Gasteiger partial charge is 0.451 e. The number of alkyl halides is 3. The van der Waals surface area contributed by atoms with E-state index in [-0.39, 0.29) is 6.10 Å². The molecule has 0 bridgehead atoms. The van der Waals surface area contributed by atoms with Crippen molar-refractivity contribution in [2.45, 2.75) is 44.4 Å². The van der Waals surface area contributed by atoms with Crippen molar-refractivity contribution >= 4 is 0 Å². The molecule has 2 heterocycles. The highest BCUT2D eigenvalue weighted by Crippen LogP contribution is 2.60. The van der Waals surface area contributed by atoms with Gasteiger partial charge in [-0.25, -0.2) is 9.97 Å². The number of aromatic nitrogens is 4. The summed E-state index contributed by atoms with van der Waals surface area (Å²) in [6.07, 6.45) is 4.49. The highest BCUT2D eigenvalue weighted by Gasteiger charge is 2.53. The molecule has 0 unspecified atom stereocenters. The van der Waals surface area contributed by atoms with E-state index in [0.29, 0.717) is 17.1 Å². The molecule has 0 aliphatic heterocycles. The summed E-state index contributed by atoms with van der Waals surface area (Å²) in [4.78, 5) is 6.63. The Morgan fingerprint density at radius 1 is 1.12 bits per heavy atom. The lowest BCUT2D eigenvalue weighted by Gasteiger charge is -2.57. The zero-order valence-corrected chi connectivity index (χ0v) is 13.4. The van der Waals surface area contributed by atoms with Gasteiger partial charge in [0.25, 0.3) is 0 Å². The lowest BCUT2D eigenvalue weighted by molar-refractivity contribution is -0.145. The van der Waals surface area contributed by atoms with E-state index in [1.165, 1.54) is 0 Å². The van der Waals surface area contributed by atoms with Crippen LogP contribution in [0.15, 0.2) is 30.7 Å². The topological polar surface area (TPSA) is 60.8 Å². The lowest BCUT2D eigenvalue weighted by atomic mass is 9.50. The Labute approximate surface area is 142 Å². The minimum Gasteiger partial charge on any atom is -0.487 e. The van der Waals surface area contributed by atoms with Gasteiger partial charge >= 0.3 is 6.18 Å². The molecule has 2 aromatic heterocycles. The average molecular weight is 350 g/mol. The molecule has 0 saturated heterocycles. The van der Waals surface area contributed by atoms with E-state index in [1.54, 1.807) is 6.20 Å². The molecule has 2 fully saturated rings. The van der Waals surface area contributed by atoms with E-state index in [2.05, 4.69) is 20.2 Å². The molecule has 2 aliphatic rings. The Kier molecular flexibility index (Phi) is 3.85. The monoisotopic (exact) mass is 350 g/mol. The quantitative estimate of drug-likeness (QED) is 0.845. The number of ether oxygens (including phenoxy) is 1. The molecule has 4 rings (SSSR count). The van der Waals surface area contributed by atoms with Crippen molar-refractivity contribution < 1.29 is 17.9 Å². The standard InChI is InChI=1S/C17H17F3N4O/c18-17(19,20)15-21-9-14(10-22-15)25-13-7-16(8-13)5-11(6-16)4-12-2-1-3-23-24-12/h1-3,9-11,13H,4-8H2. The van der Waals surface area contributed by atoms with Crippen molar-refractivity contribution in [3.05, 3.63) is 42.2 Å². The summed E-state index contributed by atoms with van der Waals surface area (Å²) in [6, 6.07) is 3.89. The largest absolute Gasteiger partial charge is 0.487 e. The van der Waals surface area contributed by atoms with Gasteiger partial charge in [-0.2, -0.15) is 23.4 Å². The molecular formula is C17H17F3N4O. The Hall–Kier alpha value is -2.25. The van der Waals surface area contributed by atoms with Crippen LogP contribution < -0.4 is 4.74 Å². The summed E-state index contributed by atoms with van der Waals surface area (Å²) >= 11 is 0. The molecule has 0 aromatic carbocycles. The number of nitrogens with zero attached hydrogens (tertiary/aromatic N) is 4. The number of rotatable bonds is 4. The minimum atomic E-state index is -4.52.